The lowest BCUT2D eigenvalue weighted by molar-refractivity contribution is -0.121. The van der Waals surface area contributed by atoms with Gasteiger partial charge in [0.2, 0.25) is 0 Å². The normalized spacial score (nSPS) is 15.3. The van der Waals surface area contributed by atoms with E-state index in [0.29, 0.717) is 22.4 Å². The summed E-state index contributed by atoms with van der Waals surface area (Å²) in [5.74, 6) is 0.756. The second-order valence-electron chi connectivity index (χ2n) is 6.60. The highest BCUT2D eigenvalue weighted by atomic mass is 32.2. The average molecular weight is 436 g/mol. The Labute approximate surface area is 185 Å². The van der Waals surface area contributed by atoms with Gasteiger partial charge in [0.25, 0.3) is 5.91 Å². The minimum absolute atomic E-state index is 0.0578. The van der Waals surface area contributed by atoms with Crippen LogP contribution >= 0.6 is 24.0 Å². The van der Waals surface area contributed by atoms with Gasteiger partial charge in [0.15, 0.2) is 0 Å². The van der Waals surface area contributed by atoms with Gasteiger partial charge >= 0.3 is 0 Å². The maximum Gasteiger partial charge on any atom is 0.266 e. The zero-order valence-corrected chi connectivity index (χ0v) is 18.4. The summed E-state index contributed by atoms with van der Waals surface area (Å²) in [6.07, 6.45) is 3.83. The minimum Gasteiger partial charge on any atom is -0.494 e. The van der Waals surface area contributed by atoms with Gasteiger partial charge < -0.3 is 4.74 Å². The summed E-state index contributed by atoms with van der Waals surface area (Å²) in [6, 6.07) is 17.7. The third kappa shape index (κ3) is 4.04. The molecule has 1 aliphatic heterocycles. The van der Waals surface area contributed by atoms with E-state index in [1.165, 1.54) is 11.8 Å². The number of thiocarbonyl (C=S) groups is 1. The maximum atomic E-state index is 12.7. The molecule has 0 bridgehead atoms. The molecule has 0 radical (unpaired) electrons. The van der Waals surface area contributed by atoms with Crippen LogP contribution in [0.15, 0.2) is 65.7 Å². The van der Waals surface area contributed by atoms with Gasteiger partial charge in [0.1, 0.15) is 10.1 Å². The molecule has 1 amide bonds. The number of hydrogen-bond acceptors (Lipinski definition) is 5. The molecule has 0 N–H and O–H groups in total. The fourth-order valence-corrected chi connectivity index (χ4v) is 4.59. The van der Waals surface area contributed by atoms with Gasteiger partial charge in [-0.2, -0.15) is 5.10 Å². The molecule has 0 aliphatic carbocycles. The molecule has 1 aromatic heterocycles. The molecule has 152 valence electrons. The summed E-state index contributed by atoms with van der Waals surface area (Å²) in [4.78, 5) is 14.9. The van der Waals surface area contributed by atoms with Gasteiger partial charge in [-0.15, -0.1) is 0 Å². The third-order valence-electron chi connectivity index (χ3n) is 4.68. The lowest BCUT2D eigenvalue weighted by Crippen LogP contribution is -2.27. The van der Waals surface area contributed by atoms with Gasteiger partial charge in [-0.3, -0.25) is 9.69 Å². The minimum atomic E-state index is -0.0578. The fourth-order valence-electron chi connectivity index (χ4n) is 3.22. The van der Waals surface area contributed by atoms with E-state index >= 15 is 0 Å². The number of likely N-dealkylation sites (N-methyl/N-ethyl adjacent to an activating group) is 1. The van der Waals surface area contributed by atoms with Crippen molar-refractivity contribution in [3.63, 3.8) is 0 Å². The monoisotopic (exact) mass is 435 g/mol. The zero-order valence-electron chi connectivity index (χ0n) is 16.7. The van der Waals surface area contributed by atoms with Crippen molar-refractivity contribution in [2.45, 2.75) is 13.8 Å². The number of rotatable bonds is 6. The standard InChI is InChI=1S/C23H21N3O2S2/c1-3-25-22(27)20(30-23(25)29)14-17-15-26(18-8-6-5-7-9-18)24-21(17)16-10-12-19(13-11-16)28-4-2/h5-15H,3-4H2,1-2H3/b20-14-. The van der Waals surface area contributed by atoms with Gasteiger partial charge in [0.05, 0.1) is 22.9 Å². The number of aromatic nitrogens is 2. The van der Waals surface area contributed by atoms with Crippen molar-refractivity contribution in [1.82, 2.24) is 14.7 Å². The van der Waals surface area contributed by atoms with Crippen molar-refractivity contribution >= 4 is 40.3 Å². The van der Waals surface area contributed by atoms with Crippen molar-refractivity contribution in [3.8, 4) is 22.7 Å². The number of benzene rings is 2. The lowest BCUT2D eigenvalue weighted by Gasteiger charge is -2.09. The first-order chi connectivity index (χ1) is 14.6. The van der Waals surface area contributed by atoms with E-state index in [1.54, 1.807) is 4.90 Å². The maximum absolute atomic E-state index is 12.7. The smallest absolute Gasteiger partial charge is 0.266 e. The number of amides is 1. The second kappa shape index (κ2) is 8.85. The number of para-hydroxylation sites is 1. The predicted octanol–water partition coefficient (Wildman–Crippen LogP) is 5.16. The van der Waals surface area contributed by atoms with Crippen molar-refractivity contribution in [2.75, 3.05) is 13.2 Å². The van der Waals surface area contributed by atoms with Crippen LogP contribution in [0.3, 0.4) is 0 Å². The summed E-state index contributed by atoms with van der Waals surface area (Å²) >= 11 is 6.68. The largest absolute Gasteiger partial charge is 0.494 e. The molecular weight excluding hydrogens is 414 g/mol. The first-order valence-electron chi connectivity index (χ1n) is 9.74. The first kappa shape index (κ1) is 20.4. The van der Waals surface area contributed by atoms with Crippen LogP contribution in [-0.2, 0) is 4.79 Å². The van der Waals surface area contributed by atoms with E-state index in [9.17, 15) is 4.79 Å². The topological polar surface area (TPSA) is 47.4 Å². The Balaban J connectivity index is 1.78. The molecule has 0 unspecified atom stereocenters. The molecule has 30 heavy (non-hydrogen) atoms. The van der Waals surface area contributed by atoms with Crippen LogP contribution in [0.5, 0.6) is 5.75 Å². The first-order valence-corrected chi connectivity index (χ1v) is 11.0. The van der Waals surface area contributed by atoms with E-state index in [1.807, 2.05) is 85.4 Å². The molecule has 7 heteroatoms. The summed E-state index contributed by atoms with van der Waals surface area (Å²) in [5, 5.41) is 4.82. The van der Waals surface area contributed by atoms with Crippen LogP contribution in [0.25, 0.3) is 23.0 Å². The van der Waals surface area contributed by atoms with Crippen LogP contribution in [0, 0.1) is 0 Å². The molecule has 2 aromatic carbocycles. The van der Waals surface area contributed by atoms with E-state index in [0.717, 1.165) is 28.3 Å². The number of nitrogens with zero attached hydrogens (tertiary/aromatic N) is 3. The number of carbonyl (C=O) groups excluding carboxylic acids is 1. The molecule has 0 atom stereocenters. The Morgan fingerprint density at radius 1 is 1.10 bits per heavy atom. The van der Waals surface area contributed by atoms with Gasteiger partial charge in [-0.1, -0.05) is 42.2 Å². The molecule has 0 saturated carbocycles. The third-order valence-corrected chi connectivity index (χ3v) is 6.06. The average Bonchev–Trinajstić information content (AvgIpc) is 3.30. The van der Waals surface area contributed by atoms with Crippen LogP contribution in [0.1, 0.15) is 19.4 Å². The quantitative estimate of drug-likeness (QED) is 0.395. The molecule has 4 rings (SSSR count). The Morgan fingerprint density at radius 3 is 2.47 bits per heavy atom. The Bertz CT molecular complexity index is 1110. The molecule has 3 aromatic rings. The van der Waals surface area contributed by atoms with Crippen LogP contribution in [0.4, 0.5) is 0 Å². The molecule has 1 fully saturated rings. The number of ether oxygens (including phenoxy) is 1. The van der Waals surface area contributed by atoms with Gasteiger partial charge in [-0.05, 0) is 56.3 Å². The molecule has 2 heterocycles. The molecule has 0 spiro atoms. The van der Waals surface area contributed by atoms with Gasteiger partial charge in [-0.25, -0.2) is 4.68 Å². The van der Waals surface area contributed by atoms with Crippen LogP contribution < -0.4 is 4.74 Å². The molecule has 5 nitrogen and oxygen atoms in total. The number of hydrogen-bond donors (Lipinski definition) is 0. The van der Waals surface area contributed by atoms with Gasteiger partial charge in [0, 0.05) is 23.9 Å². The summed E-state index contributed by atoms with van der Waals surface area (Å²) in [6.45, 7) is 5.07. The number of thioether (sulfide) groups is 1. The summed E-state index contributed by atoms with van der Waals surface area (Å²) in [5.41, 5.74) is 3.55. The SMILES string of the molecule is CCOc1ccc(-c2nn(-c3ccccc3)cc2/C=C2\SC(=S)N(CC)C2=O)cc1. The van der Waals surface area contributed by atoms with Crippen LogP contribution in [0.2, 0.25) is 0 Å². The van der Waals surface area contributed by atoms with Crippen molar-refractivity contribution in [1.29, 1.82) is 0 Å². The van der Waals surface area contributed by atoms with E-state index in [4.69, 9.17) is 22.1 Å². The predicted molar refractivity (Wildman–Crippen MR) is 126 cm³/mol. The van der Waals surface area contributed by atoms with Crippen molar-refractivity contribution in [2.24, 2.45) is 0 Å². The fraction of sp³-hybridized carbons (Fsp3) is 0.174. The molecular formula is C23H21N3O2S2. The van der Waals surface area contributed by atoms with E-state index in [2.05, 4.69) is 0 Å². The highest BCUT2D eigenvalue weighted by Gasteiger charge is 2.31. The Morgan fingerprint density at radius 2 is 1.83 bits per heavy atom. The zero-order chi connectivity index (χ0) is 21.1. The Hall–Kier alpha value is -2.90. The highest BCUT2D eigenvalue weighted by Crippen LogP contribution is 2.35. The van der Waals surface area contributed by atoms with E-state index in [-0.39, 0.29) is 5.91 Å². The van der Waals surface area contributed by atoms with Crippen LogP contribution in [-0.4, -0.2) is 38.1 Å². The molecule has 1 saturated heterocycles. The summed E-state index contributed by atoms with van der Waals surface area (Å²) < 4.78 is 7.97. The summed E-state index contributed by atoms with van der Waals surface area (Å²) in [7, 11) is 0. The van der Waals surface area contributed by atoms with Crippen molar-refractivity contribution in [3.05, 3.63) is 71.3 Å². The molecule has 1 aliphatic rings. The second-order valence-corrected chi connectivity index (χ2v) is 8.27. The lowest BCUT2D eigenvalue weighted by atomic mass is 10.1. The number of carbonyl (C=O) groups is 1. The Kier molecular flexibility index (Phi) is 6.01. The van der Waals surface area contributed by atoms with E-state index < -0.39 is 0 Å². The van der Waals surface area contributed by atoms with Crippen molar-refractivity contribution < 1.29 is 9.53 Å². The highest BCUT2D eigenvalue weighted by molar-refractivity contribution is 8.26.